The minimum Gasteiger partial charge on any atom is -2.00 e. The maximum atomic E-state index is 0. The van der Waals surface area contributed by atoms with Crippen LogP contribution in [-0.4, -0.2) is 0 Å². The first-order chi connectivity index (χ1) is 0. The first kappa shape index (κ1) is 551. The van der Waals surface area contributed by atoms with Crippen LogP contribution in [0.3, 0.4) is 0 Å². The molecule has 0 N–H and O–H groups in total. The standard InChI is InChI=1S/25S.12Zn/q25*-2;12*+2. The molecule has 0 fully saturated rings. The van der Waals surface area contributed by atoms with Crippen molar-refractivity contribution >= 4 is 337 Å². The van der Waals surface area contributed by atoms with Gasteiger partial charge in [0, 0.05) is 0 Å². The molecule has 0 aromatic carbocycles. The van der Waals surface area contributed by atoms with Gasteiger partial charge in [-0.3, -0.25) is 0 Å². The van der Waals surface area contributed by atoms with Crippen LogP contribution in [0.5, 0.6) is 0 Å². The van der Waals surface area contributed by atoms with Crippen LogP contribution in [0.25, 0.3) is 0 Å². The molecule has 0 aromatic heterocycles. The van der Waals surface area contributed by atoms with Crippen LogP contribution < -0.4 is 0 Å². The van der Waals surface area contributed by atoms with Crippen LogP contribution in [-0.2, 0) is 571 Å². The van der Waals surface area contributed by atoms with E-state index in [-0.39, 0.29) is 571 Å². The molecule has 0 saturated carbocycles. The van der Waals surface area contributed by atoms with Gasteiger partial charge in [0.2, 0.25) is 0 Å². The Balaban J connectivity index is 0. The smallest absolute Gasteiger partial charge is 2.00 e. The van der Waals surface area contributed by atoms with Crippen LogP contribution in [0.1, 0.15) is 0 Å². The van der Waals surface area contributed by atoms with E-state index in [0.29, 0.717) is 0 Å². The van der Waals surface area contributed by atoms with E-state index in [9.17, 15) is 0 Å². The average molecular weight is 1590 g/mol. The topological polar surface area (TPSA) is 0 Å². The van der Waals surface area contributed by atoms with Gasteiger partial charge in [0.25, 0.3) is 0 Å². The maximum Gasteiger partial charge on any atom is 2.00 e. The third-order valence-corrected chi connectivity index (χ3v) is 0. The van der Waals surface area contributed by atoms with Crippen molar-refractivity contribution < 1.29 is 234 Å². The Morgan fingerprint density at radius 2 is 0.0541 bits per heavy atom. The molecule has 200 valence electrons. The van der Waals surface area contributed by atoms with E-state index in [1.807, 2.05) is 0 Å². The van der Waals surface area contributed by atoms with Gasteiger partial charge in [0.05, 0.1) is 0 Å². The fourth-order valence-corrected chi connectivity index (χ4v) is 0. The van der Waals surface area contributed by atoms with Crippen molar-refractivity contribution in [1.29, 1.82) is 0 Å². The molecule has 37 heteroatoms. The molecule has 0 nitrogen and oxygen atoms in total. The summed E-state index contributed by atoms with van der Waals surface area (Å²) in [4.78, 5) is 0. The predicted octanol–water partition coefficient (Wildman–Crippen LogP) is -0.0900. The summed E-state index contributed by atoms with van der Waals surface area (Å²) in [6.07, 6.45) is 0. The molecule has 0 unspecified atom stereocenters. The SMILES string of the molecule is [S-2].[S-2].[S-2].[S-2].[S-2].[S-2].[S-2].[S-2].[S-2].[S-2].[S-2].[S-2].[S-2].[S-2].[S-2].[S-2].[S-2].[S-2].[S-2].[S-2].[S-2].[S-2].[S-2].[S-2].[S-2].[Zn+2].[Zn+2].[Zn+2].[Zn+2].[Zn+2].[Zn+2].[Zn+2].[Zn+2].[Zn+2].[Zn+2].[Zn+2].[Zn+2]. The molecule has 0 radical (unpaired) electrons. The van der Waals surface area contributed by atoms with E-state index in [1.165, 1.54) is 0 Å². The van der Waals surface area contributed by atoms with Crippen LogP contribution in [0, 0.1) is 0 Å². The molecule has 0 saturated heterocycles. The van der Waals surface area contributed by atoms with Gasteiger partial charge in [-0.25, -0.2) is 0 Å². The Bertz CT molecular complexity index is 33.6. The molecular weight excluding hydrogens is 1590 g/mol. The van der Waals surface area contributed by atoms with Gasteiger partial charge in [0.15, 0.2) is 0 Å². The van der Waals surface area contributed by atoms with Gasteiger partial charge in [0.1, 0.15) is 0 Å². The Kier molecular flexibility index (Phi) is 7750. The molecule has 0 heterocycles. The van der Waals surface area contributed by atoms with E-state index in [1.54, 1.807) is 0 Å². The second kappa shape index (κ2) is 520. The summed E-state index contributed by atoms with van der Waals surface area (Å²) in [5.41, 5.74) is 0. The van der Waals surface area contributed by atoms with E-state index in [2.05, 4.69) is 0 Å². The van der Waals surface area contributed by atoms with E-state index in [4.69, 9.17) is 0 Å². The average Bonchev–Trinajstić information content (AvgIpc) is 0. The van der Waals surface area contributed by atoms with Crippen molar-refractivity contribution in [3.8, 4) is 0 Å². The second-order valence-electron chi connectivity index (χ2n) is 0. The zero-order valence-electron chi connectivity index (χ0n) is 18.7. The normalized spacial score (nSPS) is 0. The summed E-state index contributed by atoms with van der Waals surface area (Å²) >= 11 is 0. The summed E-state index contributed by atoms with van der Waals surface area (Å²) in [7, 11) is 0. The summed E-state index contributed by atoms with van der Waals surface area (Å²) in [6, 6.07) is 0. The van der Waals surface area contributed by atoms with E-state index in [0.717, 1.165) is 0 Å². The number of rotatable bonds is 0. The minimum atomic E-state index is 0. The van der Waals surface area contributed by atoms with Crippen LogP contribution >= 0.6 is 0 Å². The van der Waals surface area contributed by atoms with E-state index >= 15 is 0 Å². The monoisotopic (exact) mass is 1570 g/mol. The molecule has 37 heavy (non-hydrogen) atoms. The third-order valence-electron chi connectivity index (χ3n) is 0. The minimum absolute atomic E-state index is 0. The second-order valence-corrected chi connectivity index (χ2v) is 0. The molecule has 0 aliphatic heterocycles. The van der Waals surface area contributed by atoms with Crippen molar-refractivity contribution in [2.45, 2.75) is 0 Å². The van der Waals surface area contributed by atoms with Crippen LogP contribution in [0.4, 0.5) is 0 Å². The van der Waals surface area contributed by atoms with Crippen molar-refractivity contribution in [2.75, 3.05) is 0 Å². The largest absolute Gasteiger partial charge is 2.00 e. The number of hydrogen-bond donors (Lipinski definition) is 0. The quantitative estimate of drug-likeness (QED) is 0.299. The summed E-state index contributed by atoms with van der Waals surface area (Å²) in [6.45, 7) is 0. The zero-order chi connectivity index (χ0) is 0. The van der Waals surface area contributed by atoms with Crippen molar-refractivity contribution in [3.63, 3.8) is 0 Å². The number of hydrogen-bond acceptors (Lipinski definition) is 0. The molecular formula is S25Zn12-26. The van der Waals surface area contributed by atoms with Gasteiger partial charge < -0.3 is 337 Å². The Labute approximate surface area is 558 Å². The fourth-order valence-electron chi connectivity index (χ4n) is 0. The molecule has 0 spiro atoms. The zero-order valence-corrected chi connectivity index (χ0v) is 74.7. The summed E-state index contributed by atoms with van der Waals surface area (Å²) in [5, 5.41) is 0. The van der Waals surface area contributed by atoms with Crippen LogP contribution in [0.15, 0.2) is 0 Å². The van der Waals surface area contributed by atoms with Gasteiger partial charge in [-0.1, -0.05) is 0 Å². The fraction of sp³-hybridized carbons (Fsp3) is 0. The molecule has 0 aliphatic rings. The molecule has 0 amide bonds. The predicted molar refractivity (Wildman–Crippen MR) is 184 cm³/mol. The first-order valence-electron chi connectivity index (χ1n) is 0. The van der Waals surface area contributed by atoms with Crippen molar-refractivity contribution in [1.82, 2.24) is 0 Å². The van der Waals surface area contributed by atoms with Crippen molar-refractivity contribution in [3.05, 3.63) is 0 Å². The maximum absolute atomic E-state index is 0. The molecule has 0 rings (SSSR count). The first-order valence-corrected chi connectivity index (χ1v) is 0. The Morgan fingerprint density at radius 1 is 0.0541 bits per heavy atom. The van der Waals surface area contributed by atoms with Crippen LogP contribution in [0.2, 0.25) is 0 Å². The summed E-state index contributed by atoms with van der Waals surface area (Å²) < 4.78 is 0. The van der Waals surface area contributed by atoms with Gasteiger partial charge >= 0.3 is 234 Å². The van der Waals surface area contributed by atoms with Crippen molar-refractivity contribution in [2.24, 2.45) is 0 Å². The van der Waals surface area contributed by atoms with Gasteiger partial charge in [-0.05, 0) is 0 Å². The molecule has 0 aromatic rings. The molecule has 0 aliphatic carbocycles. The molecule has 0 atom stereocenters. The molecule has 0 bridgehead atoms. The van der Waals surface area contributed by atoms with E-state index < -0.39 is 0 Å². The Hall–Kier alpha value is 16.2. The van der Waals surface area contributed by atoms with Gasteiger partial charge in [-0.2, -0.15) is 0 Å². The third kappa shape index (κ3) is 500. The Morgan fingerprint density at radius 3 is 0.0541 bits per heavy atom. The van der Waals surface area contributed by atoms with Gasteiger partial charge in [-0.15, -0.1) is 0 Å². The summed E-state index contributed by atoms with van der Waals surface area (Å²) in [5.74, 6) is 0.